The van der Waals surface area contributed by atoms with E-state index in [0.717, 1.165) is 0 Å². The number of hydrogen-bond acceptors (Lipinski definition) is 7. The number of hydrogen-bond donors (Lipinski definition) is 3. The highest BCUT2D eigenvalue weighted by Crippen LogP contribution is 2.36. The van der Waals surface area contributed by atoms with Crippen LogP contribution in [0.15, 0.2) is 28.2 Å². The maximum atomic E-state index is 11.4. The minimum atomic E-state index is -0.235. The van der Waals surface area contributed by atoms with Gasteiger partial charge in [0, 0.05) is 17.3 Å². The van der Waals surface area contributed by atoms with Crippen LogP contribution in [0.1, 0.15) is 11.1 Å². The van der Waals surface area contributed by atoms with Crippen molar-refractivity contribution in [3.63, 3.8) is 0 Å². The molecule has 0 unspecified atom stereocenters. The number of phenolic OH excluding ortho intramolecular Hbond substituents is 1. The summed E-state index contributed by atoms with van der Waals surface area (Å²) in [5.74, 6) is 0.675. The van der Waals surface area contributed by atoms with Crippen molar-refractivity contribution in [2.45, 2.75) is 6.92 Å². The van der Waals surface area contributed by atoms with Crippen molar-refractivity contribution in [3.8, 4) is 17.2 Å². The van der Waals surface area contributed by atoms with E-state index in [1.807, 2.05) is 0 Å². The number of aromatic hydroxyl groups is 1. The number of nitrogens with one attached hydrogen (secondary N) is 2. The SMILES string of the molecule is COc1cc(/C=N/Nc2ncc(C)c(=O)[nH]2)cc(OC)c1O. The fourth-order valence-electron chi connectivity index (χ4n) is 1.67. The topological polar surface area (TPSA) is 109 Å². The first kappa shape index (κ1) is 15.4. The highest BCUT2D eigenvalue weighted by molar-refractivity contribution is 5.82. The quantitative estimate of drug-likeness (QED) is 0.566. The molecule has 116 valence electrons. The molecule has 1 aromatic heterocycles. The van der Waals surface area contributed by atoms with Crippen molar-refractivity contribution in [2.75, 3.05) is 19.6 Å². The summed E-state index contributed by atoms with van der Waals surface area (Å²) < 4.78 is 10.1. The molecule has 2 rings (SSSR count). The van der Waals surface area contributed by atoms with Gasteiger partial charge < -0.3 is 14.6 Å². The molecule has 0 aliphatic rings. The van der Waals surface area contributed by atoms with E-state index in [2.05, 4.69) is 20.5 Å². The Morgan fingerprint density at radius 1 is 1.32 bits per heavy atom. The third-order valence-corrected chi connectivity index (χ3v) is 2.86. The van der Waals surface area contributed by atoms with Gasteiger partial charge in [-0.2, -0.15) is 5.10 Å². The third-order valence-electron chi connectivity index (χ3n) is 2.86. The van der Waals surface area contributed by atoms with E-state index in [0.29, 0.717) is 11.1 Å². The van der Waals surface area contributed by atoms with Gasteiger partial charge in [0.1, 0.15) is 0 Å². The zero-order valence-corrected chi connectivity index (χ0v) is 12.4. The summed E-state index contributed by atoms with van der Waals surface area (Å²) in [5.41, 5.74) is 3.52. The second kappa shape index (κ2) is 6.61. The molecule has 0 amide bonds. The number of aromatic nitrogens is 2. The van der Waals surface area contributed by atoms with Gasteiger partial charge in [0.2, 0.25) is 11.7 Å². The number of hydrazone groups is 1. The number of methoxy groups -OCH3 is 2. The van der Waals surface area contributed by atoms with Gasteiger partial charge >= 0.3 is 0 Å². The number of H-pyrrole nitrogens is 1. The van der Waals surface area contributed by atoms with E-state index in [4.69, 9.17) is 9.47 Å². The van der Waals surface area contributed by atoms with Crippen molar-refractivity contribution in [1.82, 2.24) is 9.97 Å². The molecule has 0 atom stereocenters. The van der Waals surface area contributed by atoms with Crippen molar-refractivity contribution in [2.24, 2.45) is 5.10 Å². The van der Waals surface area contributed by atoms with E-state index in [9.17, 15) is 9.90 Å². The molecule has 2 aromatic rings. The lowest BCUT2D eigenvalue weighted by molar-refractivity contribution is 0.340. The molecule has 0 radical (unpaired) electrons. The number of aryl methyl sites for hydroxylation is 1. The Bertz CT molecular complexity index is 730. The van der Waals surface area contributed by atoms with Crippen LogP contribution in [0.2, 0.25) is 0 Å². The molecule has 0 bridgehead atoms. The first-order valence-electron chi connectivity index (χ1n) is 6.35. The first-order chi connectivity index (χ1) is 10.5. The van der Waals surface area contributed by atoms with Gasteiger partial charge in [-0.1, -0.05) is 0 Å². The van der Waals surface area contributed by atoms with E-state index in [-0.39, 0.29) is 28.8 Å². The number of anilines is 1. The van der Waals surface area contributed by atoms with E-state index in [1.165, 1.54) is 26.6 Å². The maximum absolute atomic E-state index is 11.4. The minimum absolute atomic E-state index is 0.0837. The predicted octanol–water partition coefficient (Wildman–Crippen LogP) is 1.25. The highest BCUT2D eigenvalue weighted by Gasteiger charge is 2.10. The van der Waals surface area contributed by atoms with Crippen LogP contribution in [0.25, 0.3) is 0 Å². The molecule has 0 saturated carbocycles. The Morgan fingerprint density at radius 2 is 1.95 bits per heavy atom. The van der Waals surface area contributed by atoms with Gasteiger partial charge in [-0.05, 0) is 19.1 Å². The molecule has 0 saturated heterocycles. The maximum Gasteiger partial charge on any atom is 0.255 e. The lowest BCUT2D eigenvalue weighted by Gasteiger charge is -2.09. The molecular weight excluding hydrogens is 288 g/mol. The van der Waals surface area contributed by atoms with Crippen LogP contribution in [0, 0.1) is 6.92 Å². The average molecular weight is 304 g/mol. The molecule has 8 heteroatoms. The number of aromatic amines is 1. The van der Waals surface area contributed by atoms with Crippen LogP contribution >= 0.6 is 0 Å². The summed E-state index contributed by atoms with van der Waals surface area (Å²) in [6, 6.07) is 3.18. The van der Waals surface area contributed by atoms with Gasteiger partial charge in [0.05, 0.1) is 20.4 Å². The molecule has 3 N–H and O–H groups in total. The number of ether oxygens (including phenoxy) is 2. The summed E-state index contributed by atoms with van der Waals surface area (Å²) in [7, 11) is 2.88. The molecular formula is C14H16N4O4. The first-order valence-corrected chi connectivity index (χ1v) is 6.35. The molecule has 1 aromatic carbocycles. The highest BCUT2D eigenvalue weighted by atomic mass is 16.5. The smallest absolute Gasteiger partial charge is 0.255 e. The van der Waals surface area contributed by atoms with Crippen molar-refractivity contribution < 1.29 is 14.6 Å². The number of phenols is 1. The molecule has 0 fully saturated rings. The Kier molecular flexibility index (Phi) is 4.62. The van der Waals surface area contributed by atoms with Crippen molar-refractivity contribution in [3.05, 3.63) is 39.8 Å². The molecule has 0 aliphatic carbocycles. The second-order valence-corrected chi connectivity index (χ2v) is 4.39. The normalized spacial score (nSPS) is 10.7. The lowest BCUT2D eigenvalue weighted by atomic mass is 10.2. The monoisotopic (exact) mass is 304 g/mol. The Hall–Kier alpha value is -3.03. The molecule has 0 aliphatic heterocycles. The van der Waals surface area contributed by atoms with E-state index < -0.39 is 0 Å². The lowest BCUT2D eigenvalue weighted by Crippen LogP contribution is -2.12. The van der Waals surface area contributed by atoms with Crippen LogP contribution < -0.4 is 20.5 Å². The predicted molar refractivity (Wildman–Crippen MR) is 82.0 cm³/mol. The number of rotatable bonds is 5. The minimum Gasteiger partial charge on any atom is -0.502 e. The van der Waals surface area contributed by atoms with Crippen LogP contribution in [-0.4, -0.2) is 35.5 Å². The van der Waals surface area contributed by atoms with Gasteiger partial charge in [-0.3, -0.25) is 9.78 Å². The summed E-state index contributed by atoms with van der Waals surface area (Å²) in [6.07, 6.45) is 2.92. The van der Waals surface area contributed by atoms with Gasteiger partial charge in [0.25, 0.3) is 5.56 Å². The summed E-state index contributed by atoms with van der Waals surface area (Å²) in [6.45, 7) is 1.66. The average Bonchev–Trinajstić information content (AvgIpc) is 2.52. The largest absolute Gasteiger partial charge is 0.502 e. The summed E-state index contributed by atoms with van der Waals surface area (Å²) >= 11 is 0. The van der Waals surface area contributed by atoms with Crippen LogP contribution in [0.4, 0.5) is 5.95 Å². The summed E-state index contributed by atoms with van der Waals surface area (Å²) in [5, 5.41) is 13.8. The summed E-state index contributed by atoms with van der Waals surface area (Å²) in [4.78, 5) is 17.9. The Morgan fingerprint density at radius 3 is 2.50 bits per heavy atom. The number of nitrogens with zero attached hydrogens (tertiary/aromatic N) is 2. The van der Waals surface area contributed by atoms with Gasteiger partial charge in [0.15, 0.2) is 11.5 Å². The third kappa shape index (κ3) is 3.35. The second-order valence-electron chi connectivity index (χ2n) is 4.39. The standard InChI is InChI=1S/C14H16N4O4/c1-8-6-15-14(17-13(8)20)18-16-7-9-4-10(21-2)12(19)11(5-9)22-3/h4-7,19H,1-3H3,(H2,15,17,18,20)/b16-7+. The van der Waals surface area contributed by atoms with E-state index >= 15 is 0 Å². The fourth-order valence-corrected chi connectivity index (χ4v) is 1.67. The molecule has 0 spiro atoms. The van der Waals surface area contributed by atoms with Crippen LogP contribution in [0.5, 0.6) is 17.2 Å². The molecule has 8 nitrogen and oxygen atoms in total. The van der Waals surface area contributed by atoms with Crippen LogP contribution in [0.3, 0.4) is 0 Å². The van der Waals surface area contributed by atoms with Gasteiger partial charge in [-0.15, -0.1) is 0 Å². The fraction of sp³-hybridized carbons (Fsp3) is 0.214. The Labute approximate surface area is 126 Å². The zero-order valence-electron chi connectivity index (χ0n) is 12.4. The van der Waals surface area contributed by atoms with Crippen LogP contribution in [-0.2, 0) is 0 Å². The Balaban J connectivity index is 2.19. The van der Waals surface area contributed by atoms with Gasteiger partial charge in [-0.25, -0.2) is 10.4 Å². The zero-order chi connectivity index (χ0) is 16.1. The van der Waals surface area contributed by atoms with Crippen molar-refractivity contribution >= 4 is 12.2 Å². The van der Waals surface area contributed by atoms with Crippen molar-refractivity contribution in [1.29, 1.82) is 0 Å². The van der Waals surface area contributed by atoms with E-state index in [1.54, 1.807) is 19.1 Å². The molecule has 22 heavy (non-hydrogen) atoms. The number of benzene rings is 1. The molecule has 1 heterocycles.